The Labute approximate surface area is 105 Å². The second kappa shape index (κ2) is 15.0. The van der Waals surface area contributed by atoms with Crippen molar-refractivity contribution in [2.45, 2.75) is 92.9 Å². The van der Waals surface area contributed by atoms with E-state index in [1.807, 2.05) is 13.8 Å². The predicted molar refractivity (Wildman–Crippen MR) is 78.0 cm³/mol. The first kappa shape index (κ1) is 18.4. The number of hydrogen-bond acceptors (Lipinski definition) is 0. The van der Waals surface area contributed by atoms with Crippen LogP contribution in [0.3, 0.4) is 0 Å². The average molecular weight is 228 g/mol. The van der Waals surface area contributed by atoms with Gasteiger partial charge in [0.1, 0.15) is 0 Å². The van der Waals surface area contributed by atoms with Gasteiger partial charge in [-0.15, -0.1) is 0 Å². The fourth-order valence-electron chi connectivity index (χ4n) is 2.01. The van der Waals surface area contributed by atoms with Crippen LogP contribution in [0, 0.1) is 11.8 Å². The van der Waals surface area contributed by atoms with Crippen LogP contribution in [0.1, 0.15) is 92.9 Å². The van der Waals surface area contributed by atoms with Crippen LogP contribution in [0.4, 0.5) is 0 Å². The first-order chi connectivity index (χ1) is 7.78. The van der Waals surface area contributed by atoms with E-state index >= 15 is 0 Å². The predicted octanol–water partition coefficient (Wildman–Crippen LogP) is 6.45. The molecule has 0 unspecified atom stereocenters. The molecular weight excluding hydrogens is 192 g/mol. The Hall–Kier alpha value is 0. The summed E-state index contributed by atoms with van der Waals surface area (Å²) in [5, 5.41) is 0. The van der Waals surface area contributed by atoms with E-state index in [-0.39, 0.29) is 0 Å². The highest BCUT2D eigenvalue weighted by molar-refractivity contribution is 4.66. The zero-order chi connectivity index (χ0) is 12.8. The monoisotopic (exact) mass is 228 g/mol. The van der Waals surface area contributed by atoms with E-state index in [4.69, 9.17) is 0 Å². The summed E-state index contributed by atoms with van der Waals surface area (Å²) >= 11 is 0. The zero-order valence-electron chi connectivity index (χ0n) is 12.8. The second-order valence-corrected chi connectivity index (χ2v) is 4.68. The first-order valence-corrected chi connectivity index (χ1v) is 7.78. The van der Waals surface area contributed by atoms with Crippen LogP contribution in [0.5, 0.6) is 0 Å². The molecule has 100 valence electrons. The van der Waals surface area contributed by atoms with Crippen molar-refractivity contribution in [2.24, 2.45) is 11.8 Å². The molecule has 0 aromatic rings. The molecule has 0 heteroatoms. The third-order valence-corrected chi connectivity index (χ3v) is 3.65. The Balaban J connectivity index is 0. The van der Waals surface area contributed by atoms with Crippen LogP contribution in [-0.2, 0) is 0 Å². The van der Waals surface area contributed by atoms with E-state index in [1.165, 1.54) is 51.4 Å². The number of hydrogen-bond donors (Lipinski definition) is 0. The molecule has 0 amide bonds. The molecule has 1 saturated carbocycles. The maximum absolute atomic E-state index is 2.28. The lowest BCUT2D eigenvalue weighted by atomic mass is 9.84. The Morgan fingerprint density at radius 3 is 1.50 bits per heavy atom. The minimum Gasteiger partial charge on any atom is -0.0683 e. The van der Waals surface area contributed by atoms with E-state index in [2.05, 4.69) is 27.7 Å². The lowest BCUT2D eigenvalue weighted by Gasteiger charge is -2.22. The van der Waals surface area contributed by atoms with Gasteiger partial charge in [0.15, 0.2) is 0 Å². The summed E-state index contributed by atoms with van der Waals surface area (Å²) in [6.07, 6.45) is 11.4. The smallest absolute Gasteiger partial charge is 0.0417 e. The summed E-state index contributed by atoms with van der Waals surface area (Å²) in [6.45, 7) is 13.1. The normalized spacial score (nSPS) is 14.4. The van der Waals surface area contributed by atoms with Crippen molar-refractivity contribution in [1.82, 2.24) is 0 Å². The van der Waals surface area contributed by atoms with E-state index in [0.717, 1.165) is 11.8 Å². The van der Waals surface area contributed by atoms with Gasteiger partial charge < -0.3 is 0 Å². The van der Waals surface area contributed by atoms with E-state index < -0.39 is 0 Å². The van der Waals surface area contributed by atoms with Gasteiger partial charge in [0.05, 0.1) is 0 Å². The standard InChI is InChI=1S/C8H18.C6H12.C2H6/c1-4-7-8(5-2)6-3;1-2-6-4-3-5-6;1-2/h8H,4-7H2,1-3H3;6H,2-5H2,1H3;1-2H3. The van der Waals surface area contributed by atoms with Gasteiger partial charge in [-0.05, 0) is 11.8 Å². The Bertz CT molecular complexity index is 95.9. The Morgan fingerprint density at radius 2 is 1.44 bits per heavy atom. The molecule has 0 atom stereocenters. The third-order valence-electron chi connectivity index (χ3n) is 3.65. The van der Waals surface area contributed by atoms with Crippen molar-refractivity contribution in [2.75, 3.05) is 0 Å². The van der Waals surface area contributed by atoms with E-state index in [0.29, 0.717) is 0 Å². The highest BCUT2D eigenvalue weighted by Gasteiger charge is 2.13. The lowest BCUT2D eigenvalue weighted by Crippen LogP contribution is -2.08. The molecule has 1 fully saturated rings. The van der Waals surface area contributed by atoms with Crippen molar-refractivity contribution < 1.29 is 0 Å². The first-order valence-electron chi connectivity index (χ1n) is 7.78. The molecule has 1 aliphatic rings. The summed E-state index contributed by atoms with van der Waals surface area (Å²) in [6, 6.07) is 0. The van der Waals surface area contributed by atoms with Gasteiger partial charge in [-0.2, -0.15) is 0 Å². The summed E-state index contributed by atoms with van der Waals surface area (Å²) in [4.78, 5) is 0. The summed E-state index contributed by atoms with van der Waals surface area (Å²) in [5.41, 5.74) is 0. The molecule has 0 saturated heterocycles. The fraction of sp³-hybridized carbons (Fsp3) is 1.00. The molecule has 0 heterocycles. The fourth-order valence-corrected chi connectivity index (χ4v) is 2.01. The van der Waals surface area contributed by atoms with Crippen LogP contribution < -0.4 is 0 Å². The van der Waals surface area contributed by atoms with Gasteiger partial charge in [-0.1, -0.05) is 92.9 Å². The molecule has 16 heavy (non-hydrogen) atoms. The average Bonchev–Trinajstić information content (AvgIpc) is 2.28. The molecule has 0 bridgehead atoms. The second-order valence-electron chi connectivity index (χ2n) is 4.68. The van der Waals surface area contributed by atoms with Crippen LogP contribution in [0.2, 0.25) is 0 Å². The van der Waals surface area contributed by atoms with Crippen LogP contribution in [0.15, 0.2) is 0 Å². The van der Waals surface area contributed by atoms with Gasteiger partial charge in [0.25, 0.3) is 0 Å². The Morgan fingerprint density at radius 1 is 0.938 bits per heavy atom. The molecule has 1 aliphatic carbocycles. The Kier molecular flexibility index (Phi) is 17.2. The van der Waals surface area contributed by atoms with Gasteiger partial charge in [0.2, 0.25) is 0 Å². The number of rotatable bonds is 5. The van der Waals surface area contributed by atoms with E-state index in [9.17, 15) is 0 Å². The van der Waals surface area contributed by atoms with Crippen LogP contribution in [0.25, 0.3) is 0 Å². The third kappa shape index (κ3) is 10.5. The molecule has 0 nitrogen and oxygen atoms in total. The zero-order valence-corrected chi connectivity index (χ0v) is 12.8. The molecular formula is C16H36. The summed E-state index contributed by atoms with van der Waals surface area (Å²) < 4.78 is 0. The highest BCUT2D eigenvalue weighted by atomic mass is 14.2. The van der Waals surface area contributed by atoms with Crippen LogP contribution >= 0.6 is 0 Å². The summed E-state index contributed by atoms with van der Waals surface area (Å²) in [7, 11) is 0. The molecule has 0 radical (unpaired) electrons. The van der Waals surface area contributed by atoms with Crippen molar-refractivity contribution in [1.29, 1.82) is 0 Å². The minimum atomic E-state index is 1.000. The van der Waals surface area contributed by atoms with Crippen LogP contribution in [-0.4, -0.2) is 0 Å². The summed E-state index contributed by atoms with van der Waals surface area (Å²) in [5.74, 6) is 2.12. The topological polar surface area (TPSA) is 0 Å². The lowest BCUT2D eigenvalue weighted by molar-refractivity contribution is 0.307. The largest absolute Gasteiger partial charge is 0.0683 e. The van der Waals surface area contributed by atoms with Gasteiger partial charge in [-0.3, -0.25) is 0 Å². The molecule has 0 spiro atoms. The maximum atomic E-state index is 2.28. The molecule has 0 N–H and O–H groups in total. The minimum absolute atomic E-state index is 1.000. The van der Waals surface area contributed by atoms with Crippen molar-refractivity contribution in [3.8, 4) is 0 Å². The van der Waals surface area contributed by atoms with E-state index in [1.54, 1.807) is 0 Å². The molecule has 1 rings (SSSR count). The van der Waals surface area contributed by atoms with Gasteiger partial charge in [-0.25, -0.2) is 0 Å². The molecule has 0 aliphatic heterocycles. The van der Waals surface area contributed by atoms with Crippen molar-refractivity contribution >= 4 is 0 Å². The van der Waals surface area contributed by atoms with Crippen molar-refractivity contribution in [3.05, 3.63) is 0 Å². The molecule has 0 aromatic heterocycles. The quantitative estimate of drug-likeness (QED) is 0.507. The maximum Gasteiger partial charge on any atom is -0.0417 e. The highest BCUT2D eigenvalue weighted by Crippen LogP contribution is 2.28. The molecule has 0 aromatic carbocycles. The van der Waals surface area contributed by atoms with Gasteiger partial charge >= 0.3 is 0 Å². The SMILES string of the molecule is CC.CCC1CCC1.CCCC(CC)CC. The van der Waals surface area contributed by atoms with Gasteiger partial charge in [0, 0.05) is 0 Å². The van der Waals surface area contributed by atoms with Crippen molar-refractivity contribution in [3.63, 3.8) is 0 Å².